The minimum absolute atomic E-state index is 0.592. The van der Waals surface area contributed by atoms with E-state index < -0.39 is 5.79 Å². The third-order valence-electron chi connectivity index (χ3n) is 7.53. The summed E-state index contributed by atoms with van der Waals surface area (Å²) in [6, 6.07) is 9.85. The SMILES string of the molecule is CCN1CNC=C1CNC(CN1CCC(Cc2cccc3c2OC(C)(c2ccc(Cl)cn2)O3)CC1)=NC. The minimum Gasteiger partial charge on any atom is -0.443 e. The van der Waals surface area contributed by atoms with Gasteiger partial charge in [0.25, 0.3) is 5.79 Å². The van der Waals surface area contributed by atoms with Crippen LogP contribution >= 0.6 is 11.6 Å². The molecule has 1 fully saturated rings. The van der Waals surface area contributed by atoms with Gasteiger partial charge in [0.05, 0.1) is 30.5 Å². The van der Waals surface area contributed by atoms with Gasteiger partial charge in [-0.05, 0) is 69.0 Å². The molecule has 0 spiro atoms. The van der Waals surface area contributed by atoms with Gasteiger partial charge in [0.2, 0.25) is 0 Å². The van der Waals surface area contributed by atoms with Gasteiger partial charge in [-0.15, -0.1) is 0 Å². The predicted molar refractivity (Wildman–Crippen MR) is 147 cm³/mol. The van der Waals surface area contributed by atoms with Crippen molar-refractivity contribution in [2.45, 2.75) is 38.9 Å². The Hall–Kier alpha value is -2.97. The molecule has 0 saturated carbocycles. The molecule has 1 saturated heterocycles. The summed E-state index contributed by atoms with van der Waals surface area (Å²) in [6.45, 7) is 9.77. The highest BCUT2D eigenvalue weighted by molar-refractivity contribution is 6.30. The first-order valence-electron chi connectivity index (χ1n) is 13.2. The van der Waals surface area contributed by atoms with Gasteiger partial charge < -0.3 is 25.0 Å². The maximum absolute atomic E-state index is 6.39. The first kappa shape index (κ1) is 25.7. The molecule has 198 valence electrons. The lowest BCUT2D eigenvalue weighted by atomic mass is 9.89. The fraction of sp³-hybridized carbons (Fsp3) is 0.500. The summed E-state index contributed by atoms with van der Waals surface area (Å²) < 4.78 is 12.6. The van der Waals surface area contributed by atoms with Crippen LogP contribution < -0.4 is 20.1 Å². The van der Waals surface area contributed by atoms with E-state index in [1.165, 1.54) is 11.3 Å². The number of para-hydroxylation sites is 1. The third-order valence-corrected chi connectivity index (χ3v) is 7.75. The van der Waals surface area contributed by atoms with Crippen molar-refractivity contribution in [2.75, 3.05) is 46.4 Å². The maximum atomic E-state index is 6.39. The molecule has 2 N–H and O–H groups in total. The molecule has 0 aliphatic carbocycles. The van der Waals surface area contributed by atoms with E-state index in [1.807, 2.05) is 32.2 Å². The molecule has 4 heterocycles. The predicted octanol–water partition coefficient (Wildman–Crippen LogP) is 3.98. The van der Waals surface area contributed by atoms with Crippen LogP contribution in [0.1, 0.15) is 37.9 Å². The van der Waals surface area contributed by atoms with Gasteiger partial charge in [-0.2, -0.15) is 0 Å². The number of halogens is 1. The summed E-state index contributed by atoms with van der Waals surface area (Å²) in [5.41, 5.74) is 3.19. The molecular weight excluding hydrogens is 488 g/mol. The number of ether oxygens (including phenoxy) is 2. The third kappa shape index (κ3) is 5.80. The van der Waals surface area contributed by atoms with Crippen molar-refractivity contribution in [3.63, 3.8) is 0 Å². The molecule has 9 heteroatoms. The highest BCUT2D eigenvalue weighted by Crippen LogP contribution is 2.46. The van der Waals surface area contributed by atoms with E-state index in [0.717, 1.165) is 76.0 Å². The molecule has 1 unspecified atom stereocenters. The second-order valence-corrected chi connectivity index (χ2v) is 10.5. The zero-order valence-corrected chi connectivity index (χ0v) is 22.7. The van der Waals surface area contributed by atoms with E-state index in [4.69, 9.17) is 21.1 Å². The molecule has 1 atom stereocenters. The molecule has 3 aliphatic heterocycles. The quantitative estimate of drug-likeness (QED) is 0.400. The Balaban J connectivity index is 1.14. The van der Waals surface area contributed by atoms with Crippen LogP contribution in [0.15, 0.2) is 53.4 Å². The number of hydrogen-bond acceptors (Lipinski definition) is 7. The number of nitrogens with one attached hydrogen (secondary N) is 2. The lowest BCUT2D eigenvalue weighted by molar-refractivity contribution is -0.0721. The van der Waals surface area contributed by atoms with Gasteiger partial charge >= 0.3 is 0 Å². The molecule has 3 aliphatic rings. The van der Waals surface area contributed by atoms with Crippen molar-refractivity contribution >= 4 is 17.4 Å². The zero-order valence-electron chi connectivity index (χ0n) is 22.0. The van der Waals surface area contributed by atoms with Crippen LogP contribution in [0.4, 0.5) is 0 Å². The largest absolute Gasteiger partial charge is 0.443 e. The second kappa shape index (κ2) is 11.2. The number of aliphatic imine (C=N–C) groups is 1. The zero-order chi connectivity index (χ0) is 25.8. The number of likely N-dealkylation sites (N-methyl/N-ethyl adjacent to an activating group) is 1. The van der Waals surface area contributed by atoms with Crippen LogP contribution in [-0.4, -0.2) is 67.1 Å². The van der Waals surface area contributed by atoms with E-state index in [-0.39, 0.29) is 0 Å². The Bertz CT molecular complexity index is 1150. The number of likely N-dealkylation sites (tertiary alicyclic amines) is 1. The standard InChI is InChI=1S/C28H37ClN6O2/c1-4-35-19-31-16-23(35)17-33-26(30-3)18-34-12-10-20(11-13-34)14-21-6-5-7-24-27(21)37-28(2,36-24)25-9-8-22(29)15-32-25/h5-9,15-16,20,31H,4,10-14,17-19H2,1-3H3,(H,30,33). The van der Waals surface area contributed by atoms with E-state index in [2.05, 4.69) is 55.7 Å². The maximum Gasteiger partial charge on any atom is 0.292 e. The lowest BCUT2D eigenvalue weighted by Gasteiger charge is -2.32. The Kier molecular flexibility index (Phi) is 7.76. The highest BCUT2D eigenvalue weighted by Gasteiger charge is 2.41. The summed E-state index contributed by atoms with van der Waals surface area (Å²) in [6.07, 6.45) is 7.00. The first-order valence-corrected chi connectivity index (χ1v) is 13.6. The van der Waals surface area contributed by atoms with Crippen LogP contribution in [0, 0.1) is 5.92 Å². The number of rotatable bonds is 8. The molecule has 8 nitrogen and oxygen atoms in total. The molecular formula is C28H37ClN6O2. The number of piperidine rings is 1. The Morgan fingerprint density at radius 1 is 1.24 bits per heavy atom. The van der Waals surface area contributed by atoms with Crippen molar-refractivity contribution < 1.29 is 9.47 Å². The number of hydrogen-bond donors (Lipinski definition) is 2. The summed E-state index contributed by atoms with van der Waals surface area (Å²) in [5, 5.41) is 7.43. The second-order valence-electron chi connectivity index (χ2n) is 10.1. The van der Waals surface area contributed by atoms with Gasteiger partial charge in [0.15, 0.2) is 11.5 Å². The summed E-state index contributed by atoms with van der Waals surface area (Å²) >= 11 is 6.02. The monoisotopic (exact) mass is 524 g/mol. The van der Waals surface area contributed by atoms with Crippen molar-refractivity contribution in [3.8, 4) is 11.5 Å². The molecule has 0 radical (unpaired) electrons. The molecule has 2 aromatic rings. The Labute approximate surface area is 224 Å². The van der Waals surface area contributed by atoms with Crippen molar-refractivity contribution in [1.29, 1.82) is 0 Å². The molecule has 1 aromatic heterocycles. The fourth-order valence-corrected chi connectivity index (χ4v) is 5.42. The molecule has 0 amide bonds. The summed E-state index contributed by atoms with van der Waals surface area (Å²) in [5.74, 6) is 2.32. The van der Waals surface area contributed by atoms with Crippen LogP contribution in [0.3, 0.4) is 0 Å². The number of amidine groups is 1. The van der Waals surface area contributed by atoms with Crippen LogP contribution in [0.5, 0.6) is 11.5 Å². The first-order chi connectivity index (χ1) is 18.0. The van der Waals surface area contributed by atoms with Crippen molar-refractivity contribution in [1.82, 2.24) is 25.4 Å². The van der Waals surface area contributed by atoms with Gasteiger partial charge in [-0.3, -0.25) is 14.9 Å². The topological polar surface area (TPSA) is 74.2 Å². The number of aromatic nitrogens is 1. The Morgan fingerprint density at radius 2 is 2.08 bits per heavy atom. The molecule has 0 bridgehead atoms. The van der Waals surface area contributed by atoms with Gasteiger partial charge in [-0.25, -0.2) is 0 Å². The Morgan fingerprint density at radius 3 is 2.81 bits per heavy atom. The summed E-state index contributed by atoms with van der Waals surface area (Å²) in [4.78, 5) is 13.8. The van der Waals surface area contributed by atoms with Gasteiger partial charge in [-0.1, -0.05) is 23.7 Å². The smallest absolute Gasteiger partial charge is 0.292 e. The van der Waals surface area contributed by atoms with Crippen LogP contribution in [-0.2, 0) is 12.2 Å². The summed E-state index contributed by atoms with van der Waals surface area (Å²) in [7, 11) is 1.87. The van der Waals surface area contributed by atoms with E-state index in [9.17, 15) is 0 Å². The average Bonchev–Trinajstić information content (AvgIpc) is 3.52. The molecule has 5 rings (SSSR count). The van der Waals surface area contributed by atoms with Crippen molar-refractivity contribution in [2.24, 2.45) is 10.9 Å². The van der Waals surface area contributed by atoms with Crippen LogP contribution in [0.2, 0.25) is 5.02 Å². The van der Waals surface area contributed by atoms with Gasteiger partial charge in [0, 0.05) is 32.9 Å². The van der Waals surface area contributed by atoms with Gasteiger partial charge in [0.1, 0.15) is 11.5 Å². The average molecular weight is 525 g/mol. The number of fused-ring (bicyclic) bond motifs is 1. The van der Waals surface area contributed by atoms with E-state index >= 15 is 0 Å². The van der Waals surface area contributed by atoms with E-state index in [1.54, 1.807) is 6.20 Å². The van der Waals surface area contributed by atoms with E-state index in [0.29, 0.717) is 16.6 Å². The van der Waals surface area contributed by atoms with Crippen molar-refractivity contribution in [3.05, 3.63) is 64.7 Å². The number of nitrogens with zero attached hydrogens (tertiary/aromatic N) is 4. The lowest BCUT2D eigenvalue weighted by Crippen LogP contribution is -2.43. The number of benzene rings is 1. The number of pyridine rings is 1. The fourth-order valence-electron chi connectivity index (χ4n) is 5.31. The normalized spacial score (nSPS) is 22.2. The molecule has 1 aromatic carbocycles. The van der Waals surface area contributed by atoms with Crippen LogP contribution in [0.25, 0.3) is 0 Å². The minimum atomic E-state index is -0.950. The molecule has 37 heavy (non-hydrogen) atoms. The highest BCUT2D eigenvalue weighted by atomic mass is 35.5.